The molecule has 2 aromatic rings. The number of rotatable bonds is 7. The maximum absolute atomic E-state index is 5.43. The summed E-state index contributed by atoms with van der Waals surface area (Å²) in [5.74, 6) is 0.906. The molecule has 2 rings (SSSR count). The monoisotopic (exact) mass is 359 g/mol. The molecule has 2 aromatic carbocycles. The lowest BCUT2D eigenvalue weighted by Gasteiger charge is -2.15. The van der Waals surface area contributed by atoms with Crippen molar-refractivity contribution >= 4 is 15.9 Å². The predicted octanol–water partition coefficient (Wildman–Crippen LogP) is 5.31. The molecule has 2 nitrogen and oxygen atoms in total. The molecular formula is C19H22BrNO. The van der Waals surface area contributed by atoms with Crippen molar-refractivity contribution in [2.75, 3.05) is 13.7 Å². The zero-order valence-electron chi connectivity index (χ0n) is 13.1. The highest BCUT2D eigenvalue weighted by Crippen LogP contribution is 2.30. The molecule has 0 saturated carbocycles. The van der Waals surface area contributed by atoms with E-state index < -0.39 is 0 Å². The van der Waals surface area contributed by atoms with E-state index in [1.54, 1.807) is 7.11 Å². The van der Waals surface area contributed by atoms with E-state index in [4.69, 9.17) is 4.74 Å². The van der Waals surface area contributed by atoms with Crippen LogP contribution in [0.2, 0.25) is 0 Å². The van der Waals surface area contributed by atoms with Crippen molar-refractivity contribution in [1.82, 2.24) is 5.32 Å². The van der Waals surface area contributed by atoms with Crippen LogP contribution in [0.15, 0.2) is 59.6 Å². The van der Waals surface area contributed by atoms with Gasteiger partial charge in [-0.2, -0.15) is 0 Å². The molecule has 0 heterocycles. The molecular weight excluding hydrogens is 338 g/mol. The van der Waals surface area contributed by atoms with Crippen LogP contribution in [0.5, 0.6) is 5.75 Å². The molecule has 0 aliphatic carbocycles. The smallest absolute Gasteiger partial charge is 0.126 e. The minimum Gasteiger partial charge on any atom is -0.496 e. The molecule has 116 valence electrons. The average molecular weight is 360 g/mol. The largest absolute Gasteiger partial charge is 0.496 e. The standard InChI is InChI=1S/C19H22BrNO/c1-15(21-14-6-5-13-20)16-9-11-17(12-10-16)18-7-3-4-8-19(18)22-2/h3-5,7-13,15,21H,6,14H2,1-2H3/b13-5+. The van der Waals surface area contributed by atoms with E-state index in [-0.39, 0.29) is 0 Å². The van der Waals surface area contributed by atoms with Crippen molar-refractivity contribution in [2.45, 2.75) is 19.4 Å². The SMILES string of the molecule is COc1ccccc1-c1ccc(C(C)NCC/C=C/Br)cc1. The second kappa shape index (κ2) is 8.76. The van der Waals surface area contributed by atoms with E-state index in [0.29, 0.717) is 6.04 Å². The minimum atomic E-state index is 0.343. The first kappa shape index (κ1) is 16.8. The Morgan fingerprint density at radius 2 is 1.86 bits per heavy atom. The fraction of sp³-hybridized carbons (Fsp3) is 0.263. The van der Waals surface area contributed by atoms with Crippen LogP contribution < -0.4 is 10.1 Å². The number of hydrogen-bond donors (Lipinski definition) is 1. The predicted molar refractivity (Wildman–Crippen MR) is 97.5 cm³/mol. The zero-order valence-corrected chi connectivity index (χ0v) is 14.6. The first-order chi connectivity index (χ1) is 10.8. The van der Waals surface area contributed by atoms with E-state index in [1.165, 1.54) is 11.1 Å². The van der Waals surface area contributed by atoms with E-state index in [1.807, 2.05) is 23.2 Å². The Balaban J connectivity index is 2.06. The van der Waals surface area contributed by atoms with Gasteiger partial charge in [-0.1, -0.05) is 64.5 Å². The number of methoxy groups -OCH3 is 1. The van der Waals surface area contributed by atoms with Gasteiger partial charge in [0.1, 0.15) is 5.75 Å². The summed E-state index contributed by atoms with van der Waals surface area (Å²) < 4.78 is 5.43. The van der Waals surface area contributed by atoms with Gasteiger partial charge in [0.05, 0.1) is 7.11 Å². The lowest BCUT2D eigenvalue weighted by molar-refractivity contribution is 0.416. The zero-order chi connectivity index (χ0) is 15.8. The van der Waals surface area contributed by atoms with Crippen LogP contribution in [0.3, 0.4) is 0 Å². The molecule has 1 N–H and O–H groups in total. The molecule has 3 heteroatoms. The first-order valence-electron chi connectivity index (χ1n) is 7.48. The highest BCUT2D eigenvalue weighted by atomic mass is 79.9. The Labute approximate surface area is 141 Å². The fourth-order valence-corrected chi connectivity index (χ4v) is 2.66. The van der Waals surface area contributed by atoms with Crippen LogP contribution in [0, 0.1) is 0 Å². The molecule has 0 aliphatic rings. The normalized spacial score (nSPS) is 12.5. The van der Waals surface area contributed by atoms with E-state index in [9.17, 15) is 0 Å². The number of halogens is 1. The third-order valence-corrected chi connectivity index (χ3v) is 4.05. The summed E-state index contributed by atoms with van der Waals surface area (Å²) in [4.78, 5) is 1.90. The third-order valence-electron chi connectivity index (χ3n) is 3.68. The topological polar surface area (TPSA) is 21.3 Å². The van der Waals surface area contributed by atoms with Gasteiger partial charge in [-0.3, -0.25) is 0 Å². The Hall–Kier alpha value is -1.58. The second-order valence-corrected chi connectivity index (χ2v) is 5.68. The maximum Gasteiger partial charge on any atom is 0.126 e. The van der Waals surface area contributed by atoms with Crippen LogP contribution >= 0.6 is 15.9 Å². The van der Waals surface area contributed by atoms with Crippen LogP contribution in [0.25, 0.3) is 11.1 Å². The molecule has 22 heavy (non-hydrogen) atoms. The lowest BCUT2D eigenvalue weighted by Crippen LogP contribution is -2.19. The van der Waals surface area contributed by atoms with Gasteiger partial charge < -0.3 is 10.1 Å². The summed E-state index contributed by atoms with van der Waals surface area (Å²) in [6.07, 6.45) is 3.12. The molecule has 0 fully saturated rings. The van der Waals surface area contributed by atoms with Gasteiger partial charge in [0.25, 0.3) is 0 Å². The van der Waals surface area contributed by atoms with Crippen LogP contribution in [0.4, 0.5) is 0 Å². The number of ether oxygens (including phenoxy) is 1. The number of benzene rings is 2. The first-order valence-corrected chi connectivity index (χ1v) is 8.39. The molecule has 0 aliphatic heterocycles. The van der Waals surface area contributed by atoms with Gasteiger partial charge in [0, 0.05) is 11.6 Å². The van der Waals surface area contributed by atoms with Gasteiger partial charge in [-0.25, -0.2) is 0 Å². The van der Waals surface area contributed by atoms with E-state index in [2.05, 4.69) is 64.6 Å². The average Bonchev–Trinajstić information content (AvgIpc) is 2.58. The molecule has 1 unspecified atom stereocenters. The summed E-state index contributed by atoms with van der Waals surface area (Å²) in [5.41, 5.74) is 3.59. The Morgan fingerprint density at radius 3 is 2.55 bits per heavy atom. The van der Waals surface area contributed by atoms with Gasteiger partial charge in [0.2, 0.25) is 0 Å². The molecule has 0 spiro atoms. The molecule has 0 amide bonds. The van der Waals surface area contributed by atoms with Crippen molar-refractivity contribution in [1.29, 1.82) is 0 Å². The minimum absolute atomic E-state index is 0.343. The van der Waals surface area contributed by atoms with Crippen molar-refractivity contribution in [3.8, 4) is 16.9 Å². The van der Waals surface area contributed by atoms with Gasteiger partial charge >= 0.3 is 0 Å². The maximum atomic E-state index is 5.43. The summed E-state index contributed by atoms with van der Waals surface area (Å²) in [7, 11) is 1.71. The van der Waals surface area contributed by atoms with Crippen molar-refractivity contribution in [3.63, 3.8) is 0 Å². The Morgan fingerprint density at radius 1 is 1.14 bits per heavy atom. The molecule has 1 atom stereocenters. The Kier molecular flexibility index (Phi) is 6.69. The summed E-state index contributed by atoms with van der Waals surface area (Å²) in [5, 5.41) is 3.52. The number of para-hydroxylation sites is 1. The van der Waals surface area contributed by atoms with E-state index >= 15 is 0 Å². The summed E-state index contributed by atoms with van der Waals surface area (Å²) >= 11 is 3.28. The van der Waals surface area contributed by atoms with Crippen molar-refractivity contribution < 1.29 is 4.74 Å². The van der Waals surface area contributed by atoms with Crippen LogP contribution in [0.1, 0.15) is 24.9 Å². The highest BCUT2D eigenvalue weighted by Gasteiger charge is 2.07. The van der Waals surface area contributed by atoms with Gasteiger partial charge in [0.15, 0.2) is 0 Å². The molecule has 0 saturated heterocycles. The van der Waals surface area contributed by atoms with Crippen LogP contribution in [-0.4, -0.2) is 13.7 Å². The molecule has 0 radical (unpaired) electrons. The summed E-state index contributed by atoms with van der Waals surface area (Å²) in [6, 6.07) is 17.1. The number of hydrogen-bond acceptors (Lipinski definition) is 2. The quantitative estimate of drug-likeness (QED) is 0.676. The second-order valence-electron chi connectivity index (χ2n) is 5.15. The Bertz CT molecular complexity index is 607. The fourth-order valence-electron chi connectivity index (χ4n) is 2.40. The highest BCUT2D eigenvalue weighted by molar-refractivity contribution is 9.11. The molecule has 0 bridgehead atoms. The van der Waals surface area contributed by atoms with Gasteiger partial charge in [-0.15, -0.1) is 0 Å². The van der Waals surface area contributed by atoms with Gasteiger partial charge in [-0.05, 0) is 42.1 Å². The third kappa shape index (κ3) is 4.46. The lowest BCUT2D eigenvalue weighted by atomic mass is 10.0. The van der Waals surface area contributed by atoms with E-state index in [0.717, 1.165) is 24.3 Å². The van der Waals surface area contributed by atoms with Crippen LogP contribution in [-0.2, 0) is 0 Å². The van der Waals surface area contributed by atoms with Crippen molar-refractivity contribution in [2.24, 2.45) is 0 Å². The summed E-state index contributed by atoms with van der Waals surface area (Å²) in [6.45, 7) is 3.16. The van der Waals surface area contributed by atoms with Crippen molar-refractivity contribution in [3.05, 3.63) is 65.2 Å². The molecule has 0 aromatic heterocycles. The number of nitrogens with one attached hydrogen (secondary N) is 1.